The van der Waals surface area contributed by atoms with E-state index in [0.717, 1.165) is 12.8 Å². The van der Waals surface area contributed by atoms with Crippen LogP contribution in [0.2, 0.25) is 0 Å². The molecule has 1 aliphatic carbocycles. The number of rotatable bonds is 6. The first kappa shape index (κ1) is 24.2. The number of aromatic hydroxyl groups is 1. The number of ether oxygens (including phenoxy) is 2. The van der Waals surface area contributed by atoms with Gasteiger partial charge in [-0.05, 0) is 53.0 Å². The Labute approximate surface area is 201 Å². The maximum absolute atomic E-state index is 12.9. The summed E-state index contributed by atoms with van der Waals surface area (Å²) in [6.45, 7) is 11.1. The van der Waals surface area contributed by atoms with Crippen molar-refractivity contribution in [2.24, 2.45) is 0 Å². The number of Topliss-reactive ketones (excluding diaryl/α,β-unsaturated/α-hetero) is 1. The Morgan fingerprint density at radius 3 is 2.35 bits per heavy atom. The van der Waals surface area contributed by atoms with Crippen LogP contribution in [0.4, 0.5) is 0 Å². The molecule has 0 spiro atoms. The van der Waals surface area contributed by atoms with E-state index in [4.69, 9.17) is 9.47 Å². The van der Waals surface area contributed by atoms with Gasteiger partial charge in [0.25, 0.3) is 5.91 Å². The van der Waals surface area contributed by atoms with Gasteiger partial charge < -0.3 is 14.6 Å². The van der Waals surface area contributed by atoms with Crippen LogP contribution in [0.1, 0.15) is 72.4 Å². The molecule has 1 fully saturated rings. The highest BCUT2D eigenvalue weighted by Crippen LogP contribution is 2.45. The van der Waals surface area contributed by atoms with Crippen LogP contribution in [0.5, 0.6) is 11.5 Å². The van der Waals surface area contributed by atoms with E-state index in [0.29, 0.717) is 37.6 Å². The number of nitrogens with zero attached hydrogens (tertiary/aromatic N) is 1. The summed E-state index contributed by atoms with van der Waals surface area (Å²) in [6.07, 6.45) is 2.19. The maximum atomic E-state index is 12.9. The third kappa shape index (κ3) is 5.10. The van der Waals surface area contributed by atoms with Crippen LogP contribution in [0.25, 0.3) is 0 Å². The van der Waals surface area contributed by atoms with Gasteiger partial charge in [-0.3, -0.25) is 15.0 Å². The molecule has 0 unspecified atom stereocenters. The summed E-state index contributed by atoms with van der Waals surface area (Å²) in [5.74, 6) is -0.404. The monoisotopic (exact) mass is 466 g/mol. The van der Waals surface area contributed by atoms with Gasteiger partial charge in [-0.25, -0.2) is 5.01 Å². The first-order valence-corrected chi connectivity index (χ1v) is 11.8. The highest BCUT2D eigenvalue weighted by atomic mass is 16.5. The van der Waals surface area contributed by atoms with Crippen molar-refractivity contribution in [3.05, 3.63) is 58.7 Å². The highest BCUT2D eigenvalue weighted by molar-refractivity contribution is 5.98. The van der Waals surface area contributed by atoms with Crippen LogP contribution in [0.3, 0.4) is 0 Å². The van der Waals surface area contributed by atoms with Crippen LogP contribution < -0.4 is 10.2 Å². The van der Waals surface area contributed by atoms with Crippen LogP contribution in [-0.2, 0) is 15.6 Å². The minimum absolute atomic E-state index is 0.0193. The number of amides is 1. The fourth-order valence-electron chi connectivity index (χ4n) is 4.67. The van der Waals surface area contributed by atoms with Crippen LogP contribution in [0.15, 0.2) is 36.4 Å². The molecule has 34 heavy (non-hydrogen) atoms. The fourth-order valence-corrected chi connectivity index (χ4v) is 4.67. The summed E-state index contributed by atoms with van der Waals surface area (Å²) < 4.78 is 10.9. The van der Waals surface area contributed by atoms with E-state index in [1.807, 2.05) is 12.1 Å². The number of ketones is 1. The lowest BCUT2D eigenvalue weighted by atomic mass is 9.63. The van der Waals surface area contributed by atoms with Gasteiger partial charge in [0.05, 0.1) is 18.8 Å². The van der Waals surface area contributed by atoms with E-state index in [9.17, 15) is 14.7 Å². The van der Waals surface area contributed by atoms with Crippen molar-refractivity contribution in [3.8, 4) is 11.5 Å². The standard InChI is InChI=1S/C27H34N2O5/c1-26(2)9-10-27(3,4)22-15-18(5-8-21(22)26)24(31)17-34-19-6-7-20(23(30)16-19)25(32)28-29-11-13-33-14-12-29/h5-8,15-16,30H,9-14,17H2,1-4H3,(H,28,32). The highest BCUT2D eigenvalue weighted by Gasteiger charge is 2.37. The molecule has 0 radical (unpaired) electrons. The number of morpholine rings is 1. The SMILES string of the molecule is CC1(C)CCC(C)(C)c2cc(C(=O)COc3ccc(C(=O)NN4CCOCC4)c(O)c3)ccc21. The summed E-state index contributed by atoms with van der Waals surface area (Å²) in [5, 5.41) is 12.1. The van der Waals surface area contributed by atoms with Crippen molar-refractivity contribution in [2.75, 3.05) is 32.9 Å². The molecule has 1 aliphatic heterocycles. The number of phenolic OH excluding ortho intramolecular Hbond substituents is 1. The molecule has 2 aromatic carbocycles. The Kier molecular flexibility index (Phi) is 6.69. The first-order valence-electron chi connectivity index (χ1n) is 11.8. The van der Waals surface area contributed by atoms with Crippen molar-refractivity contribution in [1.82, 2.24) is 10.4 Å². The number of nitrogens with one attached hydrogen (secondary N) is 1. The van der Waals surface area contributed by atoms with Crippen molar-refractivity contribution in [1.29, 1.82) is 0 Å². The molecule has 0 aromatic heterocycles. The molecule has 0 atom stereocenters. The lowest BCUT2D eigenvalue weighted by Gasteiger charge is -2.42. The summed E-state index contributed by atoms with van der Waals surface area (Å²) in [7, 11) is 0. The molecule has 1 saturated heterocycles. The van der Waals surface area contributed by atoms with Gasteiger partial charge in [0.15, 0.2) is 12.4 Å². The van der Waals surface area contributed by atoms with E-state index in [1.54, 1.807) is 11.1 Å². The van der Waals surface area contributed by atoms with Crippen molar-refractivity contribution >= 4 is 11.7 Å². The molecule has 2 N–H and O–H groups in total. The number of carbonyl (C=O) groups is 2. The minimum atomic E-state index is -0.401. The number of hydrogen-bond acceptors (Lipinski definition) is 6. The number of hydrazine groups is 1. The molecule has 0 bridgehead atoms. The zero-order valence-electron chi connectivity index (χ0n) is 20.4. The van der Waals surface area contributed by atoms with E-state index >= 15 is 0 Å². The van der Waals surface area contributed by atoms with Gasteiger partial charge in [0.2, 0.25) is 0 Å². The van der Waals surface area contributed by atoms with Gasteiger partial charge in [-0.1, -0.05) is 39.8 Å². The van der Waals surface area contributed by atoms with E-state index in [1.165, 1.54) is 23.3 Å². The zero-order chi connectivity index (χ0) is 24.5. The second kappa shape index (κ2) is 9.39. The third-order valence-electron chi connectivity index (χ3n) is 7.03. The second-order valence-corrected chi connectivity index (χ2v) is 10.5. The molecule has 7 nitrogen and oxygen atoms in total. The lowest BCUT2D eigenvalue weighted by molar-refractivity contribution is 0.0125. The van der Waals surface area contributed by atoms with E-state index in [2.05, 4.69) is 39.2 Å². The zero-order valence-corrected chi connectivity index (χ0v) is 20.4. The largest absolute Gasteiger partial charge is 0.507 e. The summed E-state index contributed by atoms with van der Waals surface area (Å²) in [5.41, 5.74) is 6.17. The normalized spacial score (nSPS) is 19.2. The Balaban J connectivity index is 1.41. The van der Waals surface area contributed by atoms with Crippen LogP contribution >= 0.6 is 0 Å². The Morgan fingerprint density at radius 1 is 1.00 bits per heavy atom. The molecule has 2 aliphatic rings. The number of benzene rings is 2. The Morgan fingerprint density at radius 2 is 1.68 bits per heavy atom. The molecule has 182 valence electrons. The average molecular weight is 467 g/mol. The number of fused-ring (bicyclic) bond motifs is 1. The van der Waals surface area contributed by atoms with E-state index < -0.39 is 5.91 Å². The number of phenols is 1. The molecular formula is C27H34N2O5. The van der Waals surface area contributed by atoms with Gasteiger partial charge >= 0.3 is 0 Å². The first-order chi connectivity index (χ1) is 16.1. The van der Waals surface area contributed by atoms with Crippen LogP contribution in [-0.4, -0.2) is 54.7 Å². The molecule has 0 saturated carbocycles. The predicted molar refractivity (Wildman–Crippen MR) is 130 cm³/mol. The summed E-state index contributed by atoms with van der Waals surface area (Å²) in [6, 6.07) is 10.4. The maximum Gasteiger partial charge on any atom is 0.269 e. The Hall–Kier alpha value is -2.90. The summed E-state index contributed by atoms with van der Waals surface area (Å²) in [4.78, 5) is 25.4. The Bertz CT molecular complexity index is 1090. The molecular weight excluding hydrogens is 432 g/mol. The predicted octanol–water partition coefficient (Wildman–Crippen LogP) is 3.98. The molecule has 1 heterocycles. The van der Waals surface area contributed by atoms with Crippen molar-refractivity contribution in [2.45, 2.75) is 51.4 Å². The number of hydrogen-bond donors (Lipinski definition) is 2. The van der Waals surface area contributed by atoms with Crippen LogP contribution in [0, 0.1) is 0 Å². The molecule has 7 heteroatoms. The molecule has 4 rings (SSSR count). The quantitative estimate of drug-likeness (QED) is 0.626. The fraction of sp³-hybridized carbons (Fsp3) is 0.481. The molecule has 2 aromatic rings. The smallest absolute Gasteiger partial charge is 0.269 e. The summed E-state index contributed by atoms with van der Waals surface area (Å²) >= 11 is 0. The van der Waals surface area contributed by atoms with Gasteiger partial charge in [0.1, 0.15) is 11.5 Å². The molecule has 1 amide bonds. The van der Waals surface area contributed by atoms with Crippen molar-refractivity contribution in [3.63, 3.8) is 0 Å². The van der Waals surface area contributed by atoms with E-state index in [-0.39, 0.29) is 34.5 Å². The number of carbonyl (C=O) groups excluding carboxylic acids is 2. The van der Waals surface area contributed by atoms with Gasteiger partial charge in [-0.2, -0.15) is 0 Å². The topological polar surface area (TPSA) is 88.1 Å². The van der Waals surface area contributed by atoms with Gasteiger partial charge in [0, 0.05) is 24.7 Å². The lowest BCUT2D eigenvalue weighted by Crippen LogP contribution is -2.48. The minimum Gasteiger partial charge on any atom is -0.507 e. The second-order valence-electron chi connectivity index (χ2n) is 10.5. The van der Waals surface area contributed by atoms with Gasteiger partial charge in [-0.15, -0.1) is 0 Å². The average Bonchev–Trinajstić information content (AvgIpc) is 2.81. The third-order valence-corrected chi connectivity index (χ3v) is 7.03. The van der Waals surface area contributed by atoms with Crippen molar-refractivity contribution < 1.29 is 24.2 Å².